The minimum absolute atomic E-state index is 0.152. The summed E-state index contributed by atoms with van der Waals surface area (Å²) >= 11 is 0. The van der Waals surface area contributed by atoms with Crippen LogP contribution < -0.4 is 15.8 Å². The Morgan fingerprint density at radius 2 is 2.00 bits per heavy atom. The van der Waals surface area contributed by atoms with Gasteiger partial charge in [-0.2, -0.15) is 0 Å². The molecule has 0 aliphatic heterocycles. The van der Waals surface area contributed by atoms with E-state index in [1.807, 2.05) is 25.1 Å². The molecule has 0 aromatic heterocycles. The summed E-state index contributed by atoms with van der Waals surface area (Å²) in [5, 5.41) is 3.16. The molecule has 3 nitrogen and oxygen atoms in total. The second-order valence-corrected chi connectivity index (χ2v) is 4.41. The lowest BCUT2D eigenvalue weighted by atomic mass is 10.1. The van der Waals surface area contributed by atoms with E-state index in [0.29, 0.717) is 12.2 Å². The Labute approximate surface area is 112 Å². The number of anilines is 2. The molecule has 2 aromatic carbocycles. The molecule has 3 N–H and O–H groups in total. The van der Waals surface area contributed by atoms with Crippen molar-refractivity contribution < 1.29 is 9.13 Å². The van der Waals surface area contributed by atoms with Gasteiger partial charge in [0, 0.05) is 17.8 Å². The third-order valence-electron chi connectivity index (χ3n) is 2.92. The molecule has 0 aliphatic carbocycles. The van der Waals surface area contributed by atoms with Crippen LogP contribution >= 0.6 is 0 Å². The number of nitrogens with one attached hydrogen (secondary N) is 1. The second kappa shape index (κ2) is 5.61. The molecule has 0 spiro atoms. The van der Waals surface area contributed by atoms with Gasteiger partial charge in [0.25, 0.3) is 0 Å². The van der Waals surface area contributed by atoms with Gasteiger partial charge in [-0.1, -0.05) is 17.7 Å². The van der Waals surface area contributed by atoms with Crippen molar-refractivity contribution in [2.24, 2.45) is 0 Å². The predicted octanol–water partition coefficient (Wildman–Crippen LogP) is 3.34. The molecule has 0 heterocycles. The molecule has 0 unspecified atom stereocenters. The molecule has 0 bridgehead atoms. The highest BCUT2D eigenvalue weighted by atomic mass is 19.1. The monoisotopic (exact) mass is 260 g/mol. The van der Waals surface area contributed by atoms with Gasteiger partial charge in [0.05, 0.1) is 12.8 Å². The van der Waals surface area contributed by atoms with Gasteiger partial charge in [0.1, 0.15) is 11.6 Å². The summed E-state index contributed by atoms with van der Waals surface area (Å²) in [5.74, 6) is 0.398. The van der Waals surface area contributed by atoms with Crippen molar-refractivity contribution in [2.75, 3.05) is 18.2 Å². The largest absolute Gasteiger partial charge is 0.496 e. The van der Waals surface area contributed by atoms with Crippen molar-refractivity contribution in [3.63, 3.8) is 0 Å². The normalized spacial score (nSPS) is 10.3. The topological polar surface area (TPSA) is 47.3 Å². The third kappa shape index (κ3) is 3.16. The Hall–Kier alpha value is -2.23. The number of ether oxygens (including phenoxy) is 1. The van der Waals surface area contributed by atoms with Crippen LogP contribution in [-0.2, 0) is 6.54 Å². The van der Waals surface area contributed by atoms with Gasteiger partial charge in [-0.05, 0) is 31.2 Å². The lowest BCUT2D eigenvalue weighted by Gasteiger charge is -2.12. The molecule has 100 valence electrons. The van der Waals surface area contributed by atoms with Crippen molar-refractivity contribution in [1.29, 1.82) is 0 Å². The van der Waals surface area contributed by atoms with E-state index >= 15 is 0 Å². The average molecular weight is 260 g/mol. The highest BCUT2D eigenvalue weighted by molar-refractivity contribution is 5.53. The van der Waals surface area contributed by atoms with Crippen LogP contribution in [0.4, 0.5) is 15.8 Å². The van der Waals surface area contributed by atoms with E-state index in [1.54, 1.807) is 19.2 Å². The maximum atomic E-state index is 13.3. The third-order valence-corrected chi connectivity index (χ3v) is 2.92. The molecular weight excluding hydrogens is 243 g/mol. The van der Waals surface area contributed by atoms with Gasteiger partial charge in [0.2, 0.25) is 0 Å². The number of aryl methyl sites for hydroxylation is 1. The maximum Gasteiger partial charge on any atom is 0.148 e. The van der Waals surface area contributed by atoms with Crippen molar-refractivity contribution in [3.05, 3.63) is 53.3 Å². The van der Waals surface area contributed by atoms with Crippen molar-refractivity contribution in [3.8, 4) is 5.75 Å². The second-order valence-electron chi connectivity index (χ2n) is 4.41. The highest BCUT2D eigenvalue weighted by Crippen LogP contribution is 2.22. The molecule has 19 heavy (non-hydrogen) atoms. The summed E-state index contributed by atoms with van der Waals surface area (Å²) in [6, 6.07) is 10.6. The van der Waals surface area contributed by atoms with E-state index in [1.165, 1.54) is 6.07 Å². The summed E-state index contributed by atoms with van der Waals surface area (Å²) in [7, 11) is 1.64. The zero-order valence-electron chi connectivity index (χ0n) is 11.0. The molecule has 0 aliphatic rings. The van der Waals surface area contributed by atoms with Gasteiger partial charge in [0.15, 0.2) is 0 Å². The lowest BCUT2D eigenvalue weighted by Crippen LogP contribution is -2.03. The molecule has 0 radical (unpaired) electrons. The van der Waals surface area contributed by atoms with Crippen molar-refractivity contribution in [2.45, 2.75) is 13.5 Å². The first-order chi connectivity index (χ1) is 9.10. The number of nitrogens with two attached hydrogens (primary N) is 1. The van der Waals surface area contributed by atoms with Gasteiger partial charge in [-0.3, -0.25) is 0 Å². The number of benzene rings is 2. The fourth-order valence-electron chi connectivity index (χ4n) is 1.88. The fraction of sp³-hybridized carbons (Fsp3) is 0.200. The molecule has 0 atom stereocenters. The summed E-state index contributed by atoms with van der Waals surface area (Å²) in [6.45, 7) is 2.58. The van der Waals surface area contributed by atoms with E-state index < -0.39 is 5.82 Å². The summed E-state index contributed by atoms with van der Waals surface area (Å²) in [5.41, 5.74) is 8.46. The van der Waals surface area contributed by atoms with E-state index in [0.717, 1.165) is 16.9 Å². The van der Waals surface area contributed by atoms with E-state index in [-0.39, 0.29) is 5.69 Å². The Morgan fingerprint density at radius 1 is 1.21 bits per heavy atom. The summed E-state index contributed by atoms with van der Waals surface area (Å²) in [4.78, 5) is 0. The van der Waals surface area contributed by atoms with Gasteiger partial charge < -0.3 is 15.8 Å². The quantitative estimate of drug-likeness (QED) is 0.829. The molecule has 0 amide bonds. The number of rotatable bonds is 4. The van der Waals surface area contributed by atoms with E-state index in [9.17, 15) is 4.39 Å². The van der Waals surface area contributed by atoms with Crippen LogP contribution in [0.5, 0.6) is 5.75 Å². The lowest BCUT2D eigenvalue weighted by molar-refractivity contribution is 0.410. The van der Waals surface area contributed by atoms with E-state index in [4.69, 9.17) is 10.5 Å². The van der Waals surface area contributed by atoms with Crippen LogP contribution in [-0.4, -0.2) is 7.11 Å². The number of methoxy groups -OCH3 is 1. The summed E-state index contributed by atoms with van der Waals surface area (Å²) in [6.07, 6.45) is 0. The first-order valence-corrected chi connectivity index (χ1v) is 6.02. The van der Waals surface area contributed by atoms with Gasteiger partial charge in [-0.25, -0.2) is 4.39 Å². The molecule has 0 fully saturated rings. The smallest absolute Gasteiger partial charge is 0.148 e. The number of nitrogen functional groups attached to an aromatic ring is 1. The molecule has 2 aromatic rings. The van der Waals surface area contributed by atoms with Crippen LogP contribution in [0, 0.1) is 12.7 Å². The van der Waals surface area contributed by atoms with Crippen LogP contribution in [0.15, 0.2) is 36.4 Å². The molecular formula is C15H17FN2O. The fourth-order valence-corrected chi connectivity index (χ4v) is 1.88. The number of halogens is 1. The van der Waals surface area contributed by atoms with Crippen LogP contribution in [0.3, 0.4) is 0 Å². The SMILES string of the molecule is COc1ccc(C)cc1CNc1ccc(N)c(F)c1. The zero-order chi connectivity index (χ0) is 13.8. The first kappa shape index (κ1) is 13.2. The van der Waals surface area contributed by atoms with Crippen LogP contribution in [0.25, 0.3) is 0 Å². The number of hydrogen-bond acceptors (Lipinski definition) is 3. The highest BCUT2D eigenvalue weighted by Gasteiger charge is 2.04. The minimum Gasteiger partial charge on any atom is -0.496 e. The molecule has 0 saturated heterocycles. The molecule has 4 heteroatoms. The zero-order valence-corrected chi connectivity index (χ0v) is 11.0. The van der Waals surface area contributed by atoms with Crippen molar-refractivity contribution in [1.82, 2.24) is 0 Å². The standard InChI is InChI=1S/C15H17FN2O/c1-10-3-6-15(19-2)11(7-10)9-18-12-4-5-14(17)13(16)8-12/h3-8,18H,9,17H2,1-2H3. The Kier molecular flexibility index (Phi) is 3.90. The summed E-state index contributed by atoms with van der Waals surface area (Å²) < 4.78 is 18.6. The predicted molar refractivity (Wildman–Crippen MR) is 75.9 cm³/mol. The van der Waals surface area contributed by atoms with Gasteiger partial charge in [-0.15, -0.1) is 0 Å². The Morgan fingerprint density at radius 3 is 2.68 bits per heavy atom. The molecule has 0 saturated carbocycles. The van der Waals surface area contributed by atoms with E-state index in [2.05, 4.69) is 5.32 Å². The maximum absolute atomic E-state index is 13.3. The van der Waals surface area contributed by atoms with Gasteiger partial charge >= 0.3 is 0 Å². The molecule has 2 rings (SSSR count). The van der Waals surface area contributed by atoms with Crippen LogP contribution in [0.2, 0.25) is 0 Å². The van der Waals surface area contributed by atoms with Crippen LogP contribution in [0.1, 0.15) is 11.1 Å². The van der Waals surface area contributed by atoms with Crippen molar-refractivity contribution >= 4 is 11.4 Å². The Bertz CT molecular complexity index is 584. The number of hydrogen-bond donors (Lipinski definition) is 2. The Balaban J connectivity index is 2.13. The first-order valence-electron chi connectivity index (χ1n) is 6.02. The minimum atomic E-state index is -0.416. The average Bonchev–Trinajstić information content (AvgIpc) is 2.40.